The lowest BCUT2D eigenvalue weighted by Crippen LogP contribution is -2.36. The van der Waals surface area contributed by atoms with E-state index in [2.05, 4.69) is 10.3 Å². The molecule has 2 aromatic rings. The Bertz CT molecular complexity index is 808. The Balaban J connectivity index is 1.65. The molecule has 0 radical (unpaired) electrons. The summed E-state index contributed by atoms with van der Waals surface area (Å²) >= 11 is 0. The molecular formula is C21H27N3O4. The minimum atomic E-state index is -0.0635. The Morgan fingerprint density at radius 1 is 1.14 bits per heavy atom. The SMILES string of the molecule is COCCCNc1ccc(C(=O)N2CCc3cc(OC)c(OC)cc3C2)nc1. The predicted molar refractivity (Wildman–Crippen MR) is 107 cm³/mol. The molecule has 150 valence electrons. The van der Waals surface area contributed by atoms with E-state index in [1.807, 2.05) is 23.1 Å². The van der Waals surface area contributed by atoms with Gasteiger partial charge in [-0.2, -0.15) is 0 Å². The number of aromatic nitrogens is 1. The van der Waals surface area contributed by atoms with Gasteiger partial charge in [0.15, 0.2) is 11.5 Å². The number of pyridine rings is 1. The number of methoxy groups -OCH3 is 3. The van der Waals surface area contributed by atoms with E-state index in [4.69, 9.17) is 14.2 Å². The number of carbonyl (C=O) groups is 1. The van der Waals surface area contributed by atoms with Gasteiger partial charge in [-0.1, -0.05) is 0 Å². The van der Waals surface area contributed by atoms with E-state index in [0.717, 1.165) is 36.4 Å². The minimum absolute atomic E-state index is 0.0635. The maximum Gasteiger partial charge on any atom is 0.272 e. The molecule has 0 fully saturated rings. The van der Waals surface area contributed by atoms with Gasteiger partial charge in [0.25, 0.3) is 5.91 Å². The van der Waals surface area contributed by atoms with Crippen molar-refractivity contribution in [3.63, 3.8) is 0 Å². The number of nitrogens with one attached hydrogen (secondary N) is 1. The zero-order valence-corrected chi connectivity index (χ0v) is 16.7. The number of ether oxygens (including phenoxy) is 3. The van der Waals surface area contributed by atoms with Gasteiger partial charge in [0.2, 0.25) is 0 Å². The zero-order chi connectivity index (χ0) is 19.9. The molecule has 28 heavy (non-hydrogen) atoms. The molecule has 0 aliphatic carbocycles. The van der Waals surface area contributed by atoms with Gasteiger partial charge in [0.1, 0.15) is 5.69 Å². The lowest BCUT2D eigenvalue weighted by molar-refractivity contribution is 0.0728. The van der Waals surface area contributed by atoms with Crippen LogP contribution in [0.15, 0.2) is 30.5 Å². The van der Waals surface area contributed by atoms with Crippen molar-refractivity contribution in [1.29, 1.82) is 0 Å². The van der Waals surface area contributed by atoms with E-state index in [0.29, 0.717) is 31.1 Å². The first-order valence-electron chi connectivity index (χ1n) is 9.38. The minimum Gasteiger partial charge on any atom is -0.493 e. The first kappa shape index (κ1) is 19.9. The van der Waals surface area contributed by atoms with Gasteiger partial charge in [-0.15, -0.1) is 0 Å². The Labute approximate surface area is 165 Å². The molecule has 0 saturated heterocycles. The van der Waals surface area contributed by atoms with Crippen LogP contribution in [-0.4, -0.2) is 56.8 Å². The summed E-state index contributed by atoms with van der Waals surface area (Å²) in [7, 11) is 4.93. The molecule has 1 N–H and O–H groups in total. The summed E-state index contributed by atoms with van der Waals surface area (Å²) in [6.07, 6.45) is 3.39. The van der Waals surface area contributed by atoms with Crippen LogP contribution in [0.3, 0.4) is 0 Å². The second kappa shape index (κ2) is 9.41. The monoisotopic (exact) mass is 385 g/mol. The van der Waals surface area contributed by atoms with Crippen LogP contribution in [0.2, 0.25) is 0 Å². The van der Waals surface area contributed by atoms with E-state index in [1.54, 1.807) is 33.6 Å². The molecule has 0 unspecified atom stereocenters. The summed E-state index contributed by atoms with van der Waals surface area (Å²) in [4.78, 5) is 19.0. The molecule has 1 aromatic heterocycles. The normalized spacial score (nSPS) is 13.0. The Hall–Kier alpha value is -2.80. The lowest BCUT2D eigenvalue weighted by atomic mass is 9.98. The van der Waals surface area contributed by atoms with Crippen molar-refractivity contribution in [1.82, 2.24) is 9.88 Å². The third kappa shape index (κ3) is 4.54. The molecule has 2 heterocycles. The van der Waals surface area contributed by atoms with Gasteiger partial charge < -0.3 is 24.4 Å². The number of carbonyl (C=O) groups excluding carboxylic acids is 1. The molecular weight excluding hydrogens is 358 g/mol. The number of amides is 1. The molecule has 7 nitrogen and oxygen atoms in total. The van der Waals surface area contributed by atoms with Gasteiger partial charge >= 0.3 is 0 Å². The highest BCUT2D eigenvalue weighted by Crippen LogP contribution is 2.33. The van der Waals surface area contributed by atoms with Gasteiger partial charge in [0, 0.05) is 33.4 Å². The van der Waals surface area contributed by atoms with Crippen LogP contribution in [0.1, 0.15) is 28.0 Å². The average molecular weight is 385 g/mol. The zero-order valence-electron chi connectivity index (χ0n) is 16.7. The fourth-order valence-corrected chi connectivity index (χ4v) is 3.29. The van der Waals surface area contributed by atoms with Crippen molar-refractivity contribution in [2.24, 2.45) is 0 Å². The molecule has 0 saturated carbocycles. The van der Waals surface area contributed by atoms with Gasteiger partial charge in [-0.05, 0) is 48.2 Å². The molecule has 1 aromatic carbocycles. The third-order valence-corrected chi connectivity index (χ3v) is 4.84. The fraction of sp³-hybridized carbons (Fsp3) is 0.429. The summed E-state index contributed by atoms with van der Waals surface area (Å²) in [5.41, 5.74) is 3.61. The molecule has 7 heteroatoms. The molecule has 1 aliphatic heterocycles. The summed E-state index contributed by atoms with van der Waals surface area (Å²) < 4.78 is 15.8. The van der Waals surface area contributed by atoms with Gasteiger partial charge in [-0.3, -0.25) is 4.79 Å². The Kier molecular flexibility index (Phi) is 6.71. The number of anilines is 1. The van der Waals surface area contributed by atoms with Crippen LogP contribution in [0.25, 0.3) is 0 Å². The summed E-state index contributed by atoms with van der Waals surface area (Å²) in [5.74, 6) is 1.33. The van der Waals surface area contributed by atoms with E-state index in [1.165, 1.54) is 5.56 Å². The lowest BCUT2D eigenvalue weighted by Gasteiger charge is -2.29. The molecule has 0 atom stereocenters. The van der Waals surface area contributed by atoms with E-state index in [-0.39, 0.29) is 5.91 Å². The van der Waals surface area contributed by atoms with Crippen molar-refractivity contribution in [2.45, 2.75) is 19.4 Å². The molecule has 0 spiro atoms. The number of fused-ring (bicyclic) bond motifs is 1. The average Bonchev–Trinajstić information content (AvgIpc) is 2.75. The van der Waals surface area contributed by atoms with Crippen LogP contribution in [0.4, 0.5) is 5.69 Å². The van der Waals surface area contributed by atoms with Gasteiger partial charge in [-0.25, -0.2) is 4.98 Å². The molecule has 1 amide bonds. The molecule has 1 aliphatic rings. The van der Waals surface area contributed by atoms with E-state index in [9.17, 15) is 4.79 Å². The highest BCUT2D eigenvalue weighted by atomic mass is 16.5. The number of rotatable bonds is 8. The molecule has 3 rings (SSSR count). The summed E-state index contributed by atoms with van der Waals surface area (Å²) in [6, 6.07) is 7.61. The van der Waals surface area contributed by atoms with Crippen molar-refractivity contribution < 1.29 is 19.0 Å². The quantitative estimate of drug-likeness (QED) is 0.705. The molecule has 0 bridgehead atoms. The predicted octanol–water partition coefficient (Wildman–Crippen LogP) is 2.75. The number of nitrogens with zero attached hydrogens (tertiary/aromatic N) is 2. The van der Waals surface area contributed by atoms with Gasteiger partial charge in [0.05, 0.1) is 26.1 Å². The Morgan fingerprint density at radius 2 is 1.89 bits per heavy atom. The fourth-order valence-electron chi connectivity index (χ4n) is 3.29. The van der Waals surface area contributed by atoms with Crippen LogP contribution in [-0.2, 0) is 17.7 Å². The third-order valence-electron chi connectivity index (χ3n) is 4.84. The topological polar surface area (TPSA) is 72.9 Å². The van der Waals surface area contributed by atoms with Crippen LogP contribution >= 0.6 is 0 Å². The highest BCUT2D eigenvalue weighted by Gasteiger charge is 2.24. The first-order valence-corrected chi connectivity index (χ1v) is 9.38. The van der Waals surface area contributed by atoms with Crippen LogP contribution in [0, 0.1) is 0 Å². The maximum atomic E-state index is 12.9. The van der Waals surface area contributed by atoms with Crippen molar-refractivity contribution in [2.75, 3.05) is 46.3 Å². The van der Waals surface area contributed by atoms with E-state index < -0.39 is 0 Å². The standard InChI is InChI=1S/C21H27N3O4/c1-26-10-4-8-22-17-5-6-18(23-13-17)21(25)24-9-7-15-11-19(27-2)20(28-3)12-16(15)14-24/h5-6,11-13,22H,4,7-10,14H2,1-3H3. The van der Waals surface area contributed by atoms with Crippen LogP contribution < -0.4 is 14.8 Å². The number of hydrogen-bond donors (Lipinski definition) is 1. The van der Waals surface area contributed by atoms with Crippen LogP contribution in [0.5, 0.6) is 11.5 Å². The van der Waals surface area contributed by atoms with E-state index >= 15 is 0 Å². The number of benzene rings is 1. The summed E-state index contributed by atoms with van der Waals surface area (Å²) in [5, 5.41) is 3.27. The largest absolute Gasteiger partial charge is 0.493 e. The second-order valence-electron chi connectivity index (χ2n) is 6.66. The number of hydrogen-bond acceptors (Lipinski definition) is 6. The Morgan fingerprint density at radius 3 is 2.54 bits per heavy atom. The van der Waals surface area contributed by atoms with Crippen molar-refractivity contribution in [3.05, 3.63) is 47.3 Å². The van der Waals surface area contributed by atoms with Crippen molar-refractivity contribution >= 4 is 11.6 Å². The first-order chi connectivity index (χ1) is 13.7. The maximum absolute atomic E-state index is 12.9. The second-order valence-corrected chi connectivity index (χ2v) is 6.66. The smallest absolute Gasteiger partial charge is 0.272 e. The van der Waals surface area contributed by atoms with Crippen molar-refractivity contribution in [3.8, 4) is 11.5 Å². The highest BCUT2D eigenvalue weighted by molar-refractivity contribution is 5.92. The summed E-state index contributed by atoms with van der Waals surface area (Å²) in [6.45, 7) is 2.70.